The van der Waals surface area contributed by atoms with Crippen molar-refractivity contribution in [2.75, 3.05) is 12.8 Å². The molecule has 0 heterocycles. The van der Waals surface area contributed by atoms with Gasteiger partial charge in [-0.3, -0.25) is 4.79 Å². The Hall–Kier alpha value is -2.29. The Balaban J connectivity index is 2.34. The molecule has 0 aliphatic carbocycles. The lowest BCUT2D eigenvalue weighted by Gasteiger charge is -2.05. The Morgan fingerprint density at radius 1 is 1.22 bits per heavy atom. The van der Waals surface area contributed by atoms with Gasteiger partial charge in [0.05, 0.1) is 13.5 Å². The molecule has 2 N–H and O–H groups in total. The zero-order valence-electron chi connectivity index (χ0n) is 10.2. The molecule has 3 heteroatoms. The van der Waals surface area contributed by atoms with Gasteiger partial charge in [0.2, 0.25) is 0 Å². The number of esters is 1. The van der Waals surface area contributed by atoms with Crippen LogP contribution in [0.15, 0.2) is 42.5 Å². The van der Waals surface area contributed by atoms with E-state index < -0.39 is 0 Å². The smallest absolute Gasteiger partial charge is 0.309 e. The third-order valence-electron chi connectivity index (χ3n) is 2.80. The summed E-state index contributed by atoms with van der Waals surface area (Å²) in [4.78, 5) is 11.0. The quantitative estimate of drug-likeness (QED) is 0.664. The maximum absolute atomic E-state index is 11.0. The van der Waals surface area contributed by atoms with Gasteiger partial charge in [-0.2, -0.15) is 0 Å². The maximum atomic E-state index is 11.0. The predicted octanol–water partition coefficient (Wildman–Crippen LogP) is 3.00. The van der Waals surface area contributed by atoms with E-state index in [-0.39, 0.29) is 12.4 Å². The molecule has 0 saturated heterocycles. The molecule has 0 aromatic heterocycles. The Bertz CT molecular complexity index is 602. The molecule has 0 aliphatic rings. The molecule has 2 aromatic carbocycles. The van der Waals surface area contributed by atoms with Gasteiger partial charge in [-0.1, -0.05) is 42.5 Å². The summed E-state index contributed by atoms with van der Waals surface area (Å²) in [6.45, 7) is 0. The summed E-state index contributed by atoms with van der Waals surface area (Å²) < 4.78 is 4.58. The van der Waals surface area contributed by atoms with Crippen molar-refractivity contribution in [2.24, 2.45) is 0 Å². The summed E-state index contributed by atoms with van der Waals surface area (Å²) in [6, 6.07) is 11.8. The second kappa shape index (κ2) is 5.36. The number of methoxy groups -OCH3 is 1. The summed E-state index contributed by atoms with van der Waals surface area (Å²) >= 11 is 0. The fourth-order valence-electron chi connectivity index (χ4n) is 1.86. The van der Waals surface area contributed by atoms with Crippen molar-refractivity contribution in [3.63, 3.8) is 0 Å². The Morgan fingerprint density at radius 3 is 2.67 bits per heavy atom. The number of carbonyl (C=O) groups excluding carboxylic acids is 1. The van der Waals surface area contributed by atoms with Crippen molar-refractivity contribution in [1.82, 2.24) is 0 Å². The second-order valence-corrected chi connectivity index (χ2v) is 3.97. The normalized spacial score (nSPS) is 10.9. The first-order valence-corrected chi connectivity index (χ1v) is 5.73. The minimum atomic E-state index is -0.244. The zero-order chi connectivity index (χ0) is 13.0. The Labute approximate surface area is 106 Å². The van der Waals surface area contributed by atoms with Crippen LogP contribution >= 0.6 is 0 Å². The number of nitrogens with two attached hydrogens (primary N) is 1. The molecule has 0 amide bonds. The number of fused-ring (bicyclic) bond motifs is 1. The highest BCUT2D eigenvalue weighted by Gasteiger charge is 2.01. The van der Waals surface area contributed by atoms with Gasteiger partial charge >= 0.3 is 5.97 Å². The molecule has 0 saturated carbocycles. The number of hydrogen-bond acceptors (Lipinski definition) is 3. The summed E-state index contributed by atoms with van der Waals surface area (Å²) in [5.74, 6) is -0.244. The molecule has 2 rings (SSSR count). The number of anilines is 1. The lowest BCUT2D eigenvalue weighted by molar-refractivity contribution is -0.139. The van der Waals surface area contributed by atoms with Crippen LogP contribution in [0.4, 0.5) is 5.69 Å². The first kappa shape index (κ1) is 12.2. The SMILES string of the molecule is COC(=O)CC=Cc1ccc(N)c2ccccc12. The van der Waals surface area contributed by atoms with E-state index in [0.29, 0.717) is 0 Å². The molecule has 3 nitrogen and oxygen atoms in total. The lowest BCUT2D eigenvalue weighted by atomic mass is 10.0. The molecule has 0 radical (unpaired) electrons. The molecule has 92 valence electrons. The number of ether oxygens (including phenoxy) is 1. The van der Waals surface area contributed by atoms with Gasteiger partial charge in [-0.15, -0.1) is 0 Å². The summed E-state index contributed by atoms with van der Waals surface area (Å²) in [6.07, 6.45) is 3.98. The van der Waals surface area contributed by atoms with Gasteiger partial charge in [-0.05, 0) is 17.0 Å². The van der Waals surface area contributed by atoms with Crippen LogP contribution in [0.25, 0.3) is 16.8 Å². The van der Waals surface area contributed by atoms with Crippen molar-refractivity contribution in [2.45, 2.75) is 6.42 Å². The second-order valence-electron chi connectivity index (χ2n) is 3.97. The summed E-state index contributed by atoms with van der Waals surface area (Å²) in [7, 11) is 1.38. The van der Waals surface area contributed by atoms with Crippen molar-refractivity contribution in [3.8, 4) is 0 Å². The molecular weight excluding hydrogens is 226 g/mol. The predicted molar refractivity (Wildman–Crippen MR) is 74.0 cm³/mol. The fraction of sp³-hybridized carbons (Fsp3) is 0.133. The minimum Gasteiger partial charge on any atom is -0.469 e. The van der Waals surface area contributed by atoms with Crippen molar-refractivity contribution in [3.05, 3.63) is 48.0 Å². The first-order chi connectivity index (χ1) is 8.72. The van der Waals surface area contributed by atoms with Gasteiger partial charge < -0.3 is 10.5 Å². The number of hydrogen-bond donors (Lipinski definition) is 1. The van der Waals surface area contributed by atoms with E-state index in [4.69, 9.17) is 5.73 Å². The summed E-state index contributed by atoms with van der Waals surface area (Å²) in [5, 5.41) is 2.11. The van der Waals surface area contributed by atoms with E-state index in [9.17, 15) is 4.79 Å². The van der Waals surface area contributed by atoms with Crippen molar-refractivity contribution >= 4 is 28.5 Å². The standard InChI is InChI=1S/C15H15NO2/c1-18-15(17)8-4-5-11-9-10-14(16)13-7-3-2-6-12(11)13/h2-7,9-10H,8,16H2,1H3. The number of benzene rings is 2. The van der Waals surface area contributed by atoms with Gasteiger partial charge in [0.1, 0.15) is 0 Å². The fourth-order valence-corrected chi connectivity index (χ4v) is 1.86. The Morgan fingerprint density at radius 2 is 1.94 bits per heavy atom. The van der Waals surface area contributed by atoms with Crippen LogP contribution in [0.1, 0.15) is 12.0 Å². The molecule has 2 aromatic rings. The van der Waals surface area contributed by atoms with E-state index in [0.717, 1.165) is 22.0 Å². The van der Waals surface area contributed by atoms with Crippen LogP contribution in [0.2, 0.25) is 0 Å². The van der Waals surface area contributed by atoms with Gasteiger partial charge in [-0.25, -0.2) is 0 Å². The van der Waals surface area contributed by atoms with Gasteiger partial charge in [0.25, 0.3) is 0 Å². The number of nitrogen functional groups attached to an aromatic ring is 1. The van der Waals surface area contributed by atoms with E-state index in [1.54, 1.807) is 6.08 Å². The number of rotatable bonds is 3. The van der Waals surface area contributed by atoms with Crippen LogP contribution < -0.4 is 5.73 Å². The number of carbonyl (C=O) groups is 1. The van der Waals surface area contributed by atoms with Crippen molar-refractivity contribution < 1.29 is 9.53 Å². The molecular formula is C15H15NO2. The molecule has 18 heavy (non-hydrogen) atoms. The molecule has 0 unspecified atom stereocenters. The highest BCUT2D eigenvalue weighted by molar-refractivity contribution is 5.98. The lowest BCUT2D eigenvalue weighted by Crippen LogP contribution is -1.96. The minimum absolute atomic E-state index is 0.244. The largest absolute Gasteiger partial charge is 0.469 e. The van der Waals surface area contributed by atoms with E-state index in [1.807, 2.05) is 42.5 Å². The highest BCUT2D eigenvalue weighted by Crippen LogP contribution is 2.25. The van der Waals surface area contributed by atoms with Crippen LogP contribution in [-0.2, 0) is 9.53 Å². The molecule has 0 atom stereocenters. The van der Waals surface area contributed by atoms with Gasteiger partial charge in [0.15, 0.2) is 0 Å². The highest BCUT2D eigenvalue weighted by atomic mass is 16.5. The van der Waals surface area contributed by atoms with Crippen LogP contribution in [0.3, 0.4) is 0 Å². The van der Waals surface area contributed by atoms with Crippen molar-refractivity contribution in [1.29, 1.82) is 0 Å². The van der Waals surface area contributed by atoms with Crippen LogP contribution in [0, 0.1) is 0 Å². The average molecular weight is 241 g/mol. The first-order valence-electron chi connectivity index (χ1n) is 5.73. The van der Waals surface area contributed by atoms with Gasteiger partial charge in [0, 0.05) is 11.1 Å². The third kappa shape index (κ3) is 2.51. The molecule has 0 aliphatic heterocycles. The Kier molecular flexibility index (Phi) is 3.63. The maximum Gasteiger partial charge on any atom is 0.309 e. The average Bonchev–Trinajstić information content (AvgIpc) is 2.41. The van der Waals surface area contributed by atoms with E-state index in [1.165, 1.54) is 7.11 Å². The topological polar surface area (TPSA) is 52.3 Å². The van der Waals surface area contributed by atoms with Crippen LogP contribution in [0.5, 0.6) is 0 Å². The molecule has 0 fully saturated rings. The monoisotopic (exact) mass is 241 g/mol. The zero-order valence-corrected chi connectivity index (χ0v) is 10.2. The van der Waals surface area contributed by atoms with E-state index in [2.05, 4.69) is 4.74 Å². The summed E-state index contributed by atoms with van der Waals surface area (Å²) in [5.41, 5.74) is 7.73. The molecule has 0 bridgehead atoms. The van der Waals surface area contributed by atoms with Crippen LogP contribution in [-0.4, -0.2) is 13.1 Å². The third-order valence-corrected chi connectivity index (χ3v) is 2.80. The van der Waals surface area contributed by atoms with E-state index >= 15 is 0 Å². The molecule has 0 spiro atoms.